The molecule has 0 spiro atoms. The minimum Gasteiger partial charge on any atom is -0.354 e. The Hall–Kier alpha value is -0.390. The molecule has 0 radical (unpaired) electrons. The molecule has 0 saturated carbocycles. The Morgan fingerprint density at radius 1 is 1.14 bits per heavy atom. The molecule has 1 rings (SSSR count). The van der Waals surface area contributed by atoms with Crippen molar-refractivity contribution in [2.75, 3.05) is 6.61 Å². The predicted molar refractivity (Wildman–Crippen MR) is 64.4 cm³/mol. The SMILES string of the molecule is CCOP(c1ccccc1)C(C)(C)C. The molecule has 1 aromatic rings. The zero-order valence-electron chi connectivity index (χ0n) is 9.45. The molecule has 0 N–H and O–H groups in total. The smallest absolute Gasteiger partial charge is 0.0658 e. The molecule has 0 bridgehead atoms. The zero-order chi connectivity index (χ0) is 10.6. The van der Waals surface area contributed by atoms with E-state index in [9.17, 15) is 0 Å². The van der Waals surface area contributed by atoms with Gasteiger partial charge in [0.25, 0.3) is 0 Å². The van der Waals surface area contributed by atoms with Crippen molar-refractivity contribution in [1.82, 2.24) is 0 Å². The molecule has 14 heavy (non-hydrogen) atoms. The average Bonchev–Trinajstić information content (AvgIpc) is 2.14. The highest BCUT2D eigenvalue weighted by Gasteiger charge is 2.26. The Labute approximate surface area is 88.3 Å². The molecule has 1 unspecified atom stereocenters. The molecule has 0 aliphatic carbocycles. The lowest BCUT2D eigenvalue weighted by atomic mass is 10.3. The normalized spacial score (nSPS) is 14.0. The second kappa shape index (κ2) is 4.91. The molecule has 0 saturated heterocycles. The van der Waals surface area contributed by atoms with Gasteiger partial charge in [-0.05, 0) is 6.92 Å². The Balaban J connectivity index is 2.89. The molecule has 0 aliphatic rings. The van der Waals surface area contributed by atoms with Crippen LogP contribution in [0.4, 0.5) is 0 Å². The fraction of sp³-hybridized carbons (Fsp3) is 0.500. The molecule has 1 aromatic carbocycles. The van der Waals surface area contributed by atoms with E-state index in [0.717, 1.165) is 6.61 Å². The van der Waals surface area contributed by atoms with E-state index in [4.69, 9.17) is 4.52 Å². The third kappa shape index (κ3) is 3.08. The van der Waals surface area contributed by atoms with Crippen LogP contribution in [-0.4, -0.2) is 11.8 Å². The standard InChI is InChI=1S/C12H19OP/c1-5-13-14(12(2,3)4)11-9-7-6-8-10-11/h6-10H,5H2,1-4H3. The summed E-state index contributed by atoms with van der Waals surface area (Å²) in [5, 5.41) is 1.55. The number of hydrogen-bond acceptors (Lipinski definition) is 1. The van der Waals surface area contributed by atoms with Gasteiger partial charge in [-0.25, -0.2) is 0 Å². The minimum absolute atomic E-state index is 0.215. The molecule has 1 atom stereocenters. The van der Waals surface area contributed by atoms with Gasteiger partial charge in [-0.2, -0.15) is 0 Å². The summed E-state index contributed by atoms with van der Waals surface area (Å²) in [7, 11) is -0.497. The summed E-state index contributed by atoms with van der Waals surface area (Å²) in [6.45, 7) is 9.56. The molecule has 0 heterocycles. The first kappa shape index (κ1) is 11.7. The molecule has 0 fully saturated rings. The highest BCUT2D eigenvalue weighted by atomic mass is 31.1. The predicted octanol–water partition coefficient (Wildman–Crippen LogP) is 3.54. The third-order valence-corrected chi connectivity index (χ3v) is 4.36. The Bertz CT molecular complexity index is 263. The van der Waals surface area contributed by atoms with Crippen LogP contribution in [0.1, 0.15) is 27.7 Å². The summed E-state index contributed by atoms with van der Waals surface area (Å²) in [5.74, 6) is 0. The maximum atomic E-state index is 5.86. The fourth-order valence-corrected chi connectivity index (χ4v) is 3.36. The molecule has 0 aliphatic heterocycles. The Morgan fingerprint density at radius 3 is 2.14 bits per heavy atom. The topological polar surface area (TPSA) is 9.23 Å². The summed E-state index contributed by atoms with van der Waals surface area (Å²) >= 11 is 0. The van der Waals surface area contributed by atoms with Crippen molar-refractivity contribution in [2.24, 2.45) is 0 Å². The second-order valence-electron chi connectivity index (χ2n) is 4.22. The van der Waals surface area contributed by atoms with Gasteiger partial charge in [-0.1, -0.05) is 51.1 Å². The molecular weight excluding hydrogens is 191 g/mol. The average molecular weight is 210 g/mol. The summed E-state index contributed by atoms with van der Waals surface area (Å²) in [5.41, 5.74) is 0. The van der Waals surface area contributed by atoms with Gasteiger partial charge in [0.1, 0.15) is 0 Å². The number of rotatable bonds is 3. The monoisotopic (exact) mass is 210 g/mol. The van der Waals surface area contributed by atoms with E-state index < -0.39 is 8.15 Å². The van der Waals surface area contributed by atoms with Crippen LogP contribution in [0.15, 0.2) is 30.3 Å². The lowest BCUT2D eigenvalue weighted by molar-refractivity contribution is 0.370. The van der Waals surface area contributed by atoms with Gasteiger partial charge in [0, 0.05) is 17.1 Å². The van der Waals surface area contributed by atoms with Gasteiger partial charge < -0.3 is 4.52 Å². The lowest BCUT2D eigenvalue weighted by Crippen LogP contribution is -2.20. The van der Waals surface area contributed by atoms with Gasteiger partial charge in [-0.3, -0.25) is 0 Å². The molecule has 78 valence electrons. The quantitative estimate of drug-likeness (QED) is 0.693. The van der Waals surface area contributed by atoms with Gasteiger partial charge in [0.05, 0.1) is 8.15 Å². The van der Waals surface area contributed by atoms with E-state index in [1.807, 2.05) is 6.07 Å². The molecule has 1 nitrogen and oxygen atoms in total. The first-order valence-corrected chi connectivity index (χ1v) is 6.30. The van der Waals surface area contributed by atoms with E-state index >= 15 is 0 Å². The first-order chi connectivity index (χ1) is 6.55. The molecular formula is C12H19OP. The van der Waals surface area contributed by atoms with E-state index in [1.54, 1.807) is 0 Å². The van der Waals surface area contributed by atoms with Crippen molar-refractivity contribution in [3.05, 3.63) is 30.3 Å². The van der Waals surface area contributed by atoms with Crippen molar-refractivity contribution < 1.29 is 4.52 Å². The maximum absolute atomic E-state index is 5.86. The van der Waals surface area contributed by atoms with Crippen LogP contribution in [0.2, 0.25) is 0 Å². The summed E-state index contributed by atoms with van der Waals surface area (Å²) < 4.78 is 5.86. The van der Waals surface area contributed by atoms with Crippen LogP contribution in [0, 0.1) is 0 Å². The summed E-state index contributed by atoms with van der Waals surface area (Å²) in [6.07, 6.45) is 0. The van der Waals surface area contributed by atoms with Crippen molar-refractivity contribution in [2.45, 2.75) is 32.9 Å². The molecule has 0 amide bonds. The number of benzene rings is 1. The molecule has 2 heteroatoms. The van der Waals surface area contributed by atoms with Gasteiger partial charge in [-0.15, -0.1) is 0 Å². The van der Waals surface area contributed by atoms with Crippen LogP contribution in [0.3, 0.4) is 0 Å². The fourth-order valence-electron chi connectivity index (χ4n) is 1.35. The Morgan fingerprint density at radius 2 is 1.71 bits per heavy atom. The van der Waals surface area contributed by atoms with E-state index in [-0.39, 0.29) is 5.16 Å². The summed E-state index contributed by atoms with van der Waals surface area (Å²) in [4.78, 5) is 0. The van der Waals surface area contributed by atoms with Crippen LogP contribution in [-0.2, 0) is 4.52 Å². The van der Waals surface area contributed by atoms with Crippen LogP contribution in [0.25, 0.3) is 0 Å². The lowest BCUT2D eigenvalue weighted by Gasteiger charge is -2.30. The van der Waals surface area contributed by atoms with Crippen molar-refractivity contribution >= 4 is 13.5 Å². The van der Waals surface area contributed by atoms with Gasteiger partial charge in [0.15, 0.2) is 0 Å². The van der Waals surface area contributed by atoms with E-state index in [2.05, 4.69) is 52.0 Å². The van der Waals surface area contributed by atoms with Crippen LogP contribution in [0.5, 0.6) is 0 Å². The maximum Gasteiger partial charge on any atom is 0.0658 e. The van der Waals surface area contributed by atoms with Gasteiger partial charge >= 0.3 is 0 Å². The first-order valence-electron chi connectivity index (χ1n) is 5.04. The van der Waals surface area contributed by atoms with E-state index in [0.29, 0.717) is 0 Å². The zero-order valence-corrected chi connectivity index (χ0v) is 10.3. The van der Waals surface area contributed by atoms with Crippen molar-refractivity contribution in [3.8, 4) is 0 Å². The minimum atomic E-state index is -0.497. The third-order valence-electron chi connectivity index (χ3n) is 1.86. The van der Waals surface area contributed by atoms with Crippen molar-refractivity contribution in [1.29, 1.82) is 0 Å². The largest absolute Gasteiger partial charge is 0.354 e. The Kier molecular flexibility index (Phi) is 4.10. The van der Waals surface area contributed by atoms with Crippen molar-refractivity contribution in [3.63, 3.8) is 0 Å². The molecule has 0 aromatic heterocycles. The summed E-state index contributed by atoms with van der Waals surface area (Å²) in [6, 6.07) is 10.5. The highest BCUT2D eigenvalue weighted by Crippen LogP contribution is 2.48. The van der Waals surface area contributed by atoms with Gasteiger partial charge in [0.2, 0.25) is 0 Å². The second-order valence-corrected chi connectivity index (χ2v) is 6.92. The highest BCUT2D eigenvalue weighted by molar-refractivity contribution is 7.62. The number of hydrogen-bond donors (Lipinski definition) is 0. The van der Waals surface area contributed by atoms with Crippen LogP contribution < -0.4 is 5.30 Å². The van der Waals surface area contributed by atoms with Crippen LogP contribution >= 0.6 is 8.15 Å². The van der Waals surface area contributed by atoms with E-state index in [1.165, 1.54) is 5.30 Å².